The van der Waals surface area contributed by atoms with Gasteiger partial charge in [-0.2, -0.15) is 0 Å². The molecule has 4 rings (SSSR count). The van der Waals surface area contributed by atoms with Gasteiger partial charge in [-0.15, -0.1) is 0 Å². The highest BCUT2D eigenvalue weighted by molar-refractivity contribution is 6.39. The van der Waals surface area contributed by atoms with E-state index in [1.54, 1.807) is 12.1 Å². The molecule has 2 heterocycles. The van der Waals surface area contributed by atoms with E-state index >= 15 is 0 Å². The predicted octanol–water partition coefficient (Wildman–Crippen LogP) is 4.92. The van der Waals surface area contributed by atoms with Crippen molar-refractivity contribution < 1.29 is 19.1 Å². The summed E-state index contributed by atoms with van der Waals surface area (Å²) in [7, 11) is 0. The average Bonchev–Trinajstić information content (AvgIpc) is 3.29. The zero-order chi connectivity index (χ0) is 24.9. The lowest BCUT2D eigenvalue weighted by Gasteiger charge is -2.26. The van der Waals surface area contributed by atoms with E-state index in [1.165, 1.54) is 11.6 Å². The Morgan fingerprint density at radius 2 is 1.69 bits per heavy atom. The number of carbonyl (C=O) groups excluding carboxylic acids is 3. The lowest BCUT2D eigenvalue weighted by molar-refractivity contribution is -0.122. The van der Waals surface area contributed by atoms with Crippen molar-refractivity contribution in [1.29, 1.82) is 0 Å². The molecule has 1 aliphatic heterocycles. The third kappa shape index (κ3) is 5.35. The maximum atomic E-state index is 13.2. The fourth-order valence-corrected chi connectivity index (χ4v) is 3.89. The lowest BCUT2D eigenvalue weighted by atomic mass is 10.0. The maximum Gasteiger partial charge on any atom is 0.335 e. The summed E-state index contributed by atoms with van der Waals surface area (Å²) in [6.45, 7) is 7.25. The molecule has 3 aromatic rings. The summed E-state index contributed by atoms with van der Waals surface area (Å²) in [5, 5.41) is 2.27. The van der Waals surface area contributed by atoms with E-state index in [1.807, 2.05) is 54.1 Å². The van der Waals surface area contributed by atoms with Gasteiger partial charge in [-0.05, 0) is 65.9 Å². The van der Waals surface area contributed by atoms with Crippen molar-refractivity contribution in [3.05, 3.63) is 89.3 Å². The lowest BCUT2D eigenvalue weighted by Crippen LogP contribution is -2.54. The molecule has 0 aliphatic carbocycles. The second kappa shape index (κ2) is 10.4. The fourth-order valence-electron chi connectivity index (χ4n) is 3.89. The minimum Gasteiger partial charge on any atom is -0.492 e. The zero-order valence-electron chi connectivity index (χ0n) is 20.2. The predicted molar refractivity (Wildman–Crippen MR) is 135 cm³/mol. The van der Waals surface area contributed by atoms with E-state index in [2.05, 4.69) is 31.3 Å². The van der Waals surface area contributed by atoms with Crippen LogP contribution in [0.5, 0.6) is 5.75 Å². The van der Waals surface area contributed by atoms with Gasteiger partial charge in [0.2, 0.25) is 0 Å². The van der Waals surface area contributed by atoms with Crippen LogP contribution in [0.25, 0.3) is 6.08 Å². The van der Waals surface area contributed by atoms with Crippen molar-refractivity contribution in [2.24, 2.45) is 0 Å². The van der Waals surface area contributed by atoms with Crippen LogP contribution in [-0.4, -0.2) is 29.0 Å². The first kappa shape index (κ1) is 24.0. The van der Waals surface area contributed by atoms with Crippen LogP contribution in [0.1, 0.15) is 43.5 Å². The van der Waals surface area contributed by atoms with Gasteiger partial charge in [0, 0.05) is 11.9 Å². The first-order valence-electron chi connectivity index (χ1n) is 11.8. The molecule has 0 saturated carbocycles. The first-order valence-corrected chi connectivity index (χ1v) is 11.8. The Kier molecular flexibility index (Phi) is 7.15. The SMILES string of the molecule is CCc1ccc(N2C(=O)NC(=O)/C(=C\c3cccn3CCOc3ccc(C(C)C)cc3)C2=O)cc1. The molecule has 7 nitrogen and oxygen atoms in total. The number of anilines is 1. The van der Waals surface area contributed by atoms with E-state index in [0.29, 0.717) is 30.5 Å². The highest BCUT2D eigenvalue weighted by Crippen LogP contribution is 2.23. The Bertz CT molecular complexity index is 1250. The number of nitrogens with one attached hydrogen (secondary N) is 1. The second-order valence-electron chi connectivity index (χ2n) is 8.68. The fraction of sp³-hybridized carbons (Fsp3) is 0.250. The highest BCUT2D eigenvalue weighted by atomic mass is 16.5. The number of imide groups is 2. The summed E-state index contributed by atoms with van der Waals surface area (Å²) < 4.78 is 7.76. The third-order valence-electron chi connectivity index (χ3n) is 6.01. The molecule has 1 fully saturated rings. The molecule has 0 spiro atoms. The molecule has 1 aromatic heterocycles. The van der Waals surface area contributed by atoms with Crippen LogP contribution in [0.3, 0.4) is 0 Å². The molecule has 0 bridgehead atoms. The van der Waals surface area contributed by atoms with E-state index in [0.717, 1.165) is 22.6 Å². The minimum absolute atomic E-state index is 0.102. The smallest absolute Gasteiger partial charge is 0.335 e. The molecule has 2 aromatic carbocycles. The number of carbonyl (C=O) groups is 3. The van der Waals surface area contributed by atoms with Gasteiger partial charge < -0.3 is 9.30 Å². The number of benzene rings is 2. The van der Waals surface area contributed by atoms with Gasteiger partial charge in [0.15, 0.2) is 0 Å². The van der Waals surface area contributed by atoms with Gasteiger partial charge >= 0.3 is 6.03 Å². The number of aryl methyl sites for hydroxylation is 1. The van der Waals surface area contributed by atoms with Gasteiger partial charge in [0.05, 0.1) is 12.2 Å². The number of amides is 4. The number of barbiturate groups is 1. The largest absolute Gasteiger partial charge is 0.492 e. The molecule has 4 amide bonds. The highest BCUT2D eigenvalue weighted by Gasteiger charge is 2.36. The van der Waals surface area contributed by atoms with Crippen molar-refractivity contribution in [2.45, 2.75) is 39.7 Å². The molecule has 1 N–H and O–H groups in total. The van der Waals surface area contributed by atoms with Crippen molar-refractivity contribution in [1.82, 2.24) is 9.88 Å². The molecule has 35 heavy (non-hydrogen) atoms. The van der Waals surface area contributed by atoms with Gasteiger partial charge in [-0.25, -0.2) is 9.69 Å². The number of aromatic nitrogens is 1. The summed E-state index contributed by atoms with van der Waals surface area (Å²) in [4.78, 5) is 39.1. The van der Waals surface area contributed by atoms with E-state index < -0.39 is 17.8 Å². The standard InChI is InChI=1S/C28H29N3O4/c1-4-20-7-11-22(12-8-20)31-27(33)25(26(32)29-28(31)34)18-23-6-5-15-30(23)16-17-35-24-13-9-21(10-14-24)19(2)3/h5-15,18-19H,4,16-17H2,1-3H3,(H,29,32,34)/b25-18+. The molecule has 0 atom stereocenters. The van der Waals surface area contributed by atoms with Crippen molar-refractivity contribution >= 4 is 29.6 Å². The Balaban J connectivity index is 1.48. The Morgan fingerprint density at radius 3 is 2.34 bits per heavy atom. The molecule has 0 unspecified atom stereocenters. The Labute approximate surface area is 205 Å². The minimum atomic E-state index is -0.756. The first-order chi connectivity index (χ1) is 16.9. The van der Waals surface area contributed by atoms with Gasteiger partial charge in [-0.3, -0.25) is 14.9 Å². The molecule has 0 radical (unpaired) electrons. The van der Waals surface area contributed by atoms with Gasteiger partial charge in [0.25, 0.3) is 11.8 Å². The number of urea groups is 1. The Morgan fingerprint density at radius 1 is 0.971 bits per heavy atom. The molecule has 180 valence electrons. The molecular weight excluding hydrogens is 442 g/mol. The van der Waals surface area contributed by atoms with Crippen LogP contribution in [0, 0.1) is 0 Å². The van der Waals surface area contributed by atoms with Crippen molar-refractivity contribution in [3.8, 4) is 5.75 Å². The molecule has 1 aliphatic rings. The van der Waals surface area contributed by atoms with Crippen LogP contribution in [0.2, 0.25) is 0 Å². The summed E-state index contributed by atoms with van der Waals surface area (Å²) in [5.41, 5.74) is 3.31. The van der Waals surface area contributed by atoms with E-state index in [9.17, 15) is 14.4 Å². The third-order valence-corrected chi connectivity index (χ3v) is 6.01. The summed E-state index contributed by atoms with van der Waals surface area (Å²) in [5.74, 6) is -0.124. The zero-order valence-corrected chi connectivity index (χ0v) is 20.2. The number of rotatable bonds is 8. The number of ether oxygens (including phenoxy) is 1. The van der Waals surface area contributed by atoms with Crippen LogP contribution >= 0.6 is 0 Å². The number of hydrogen-bond donors (Lipinski definition) is 1. The second-order valence-corrected chi connectivity index (χ2v) is 8.68. The van der Waals surface area contributed by atoms with Crippen LogP contribution < -0.4 is 15.0 Å². The summed E-state index contributed by atoms with van der Waals surface area (Å²) in [6, 6.07) is 18.0. The summed E-state index contributed by atoms with van der Waals surface area (Å²) in [6.07, 6.45) is 4.21. The van der Waals surface area contributed by atoms with E-state index in [4.69, 9.17) is 4.74 Å². The van der Waals surface area contributed by atoms with E-state index in [-0.39, 0.29) is 5.57 Å². The quantitative estimate of drug-likeness (QED) is 0.374. The maximum absolute atomic E-state index is 13.2. The van der Waals surface area contributed by atoms with Crippen LogP contribution in [-0.2, 0) is 22.6 Å². The molecular formula is C28H29N3O4. The molecule has 7 heteroatoms. The number of hydrogen-bond acceptors (Lipinski definition) is 4. The summed E-state index contributed by atoms with van der Waals surface area (Å²) >= 11 is 0. The Hall–Kier alpha value is -4.13. The van der Waals surface area contributed by atoms with Gasteiger partial charge in [0.1, 0.15) is 17.9 Å². The normalized spacial score (nSPS) is 15.1. The average molecular weight is 472 g/mol. The number of nitrogens with zero attached hydrogens (tertiary/aromatic N) is 2. The molecule has 1 saturated heterocycles. The van der Waals surface area contributed by atoms with Crippen LogP contribution in [0.4, 0.5) is 10.5 Å². The van der Waals surface area contributed by atoms with Crippen LogP contribution in [0.15, 0.2) is 72.4 Å². The monoisotopic (exact) mass is 471 g/mol. The van der Waals surface area contributed by atoms with Crippen molar-refractivity contribution in [3.63, 3.8) is 0 Å². The van der Waals surface area contributed by atoms with Crippen molar-refractivity contribution in [2.75, 3.05) is 11.5 Å². The topological polar surface area (TPSA) is 80.6 Å². The van der Waals surface area contributed by atoms with Gasteiger partial charge in [-0.1, -0.05) is 45.0 Å².